The third kappa shape index (κ3) is 3.60. The Hall–Kier alpha value is -1.29. The average molecular weight is 278 g/mol. The predicted molar refractivity (Wildman–Crippen MR) is 83.3 cm³/mol. The van der Waals surface area contributed by atoms with Crippen LogP contribution in [0, 0.1) is 5.92 Å². The van der Waals surface area contributed by atoms with Crippen LogP contribution < -0.4 is 10.1 Å². The first-order valence-electron chi connectivity index (χ1n) is 6.83. The molecule has 0 aliphatic heterocycles. The summed E-state index contributed by atoms with van der Waals surface area (Å²) in [5.41, 5.74) is 1.03. The van der Waals surface area contributed by atoms with Crippen LogP contribution in [0.2, 0.25) is 0 Å². The Morgan fingerprint density at radius 1 is 1.37 bits per heavy atom. The van der Waals surface area contributed by atoms with E-state index in [1.807, 2.05) is 18.2 Å². The number of hydrogen-bond acceptors (Lipinski definition) is 4. The second-order valence-corrected chi connectivity index (χ2v) is 6.18. The van der Waals surface area contributed by atoms with Crippen molar-refractivity contribution >= 4 is 26.7 Å². The summed E-state index contributed by atoms with van der Waals surface area (Å²) in [6.07, 6.45) is 2.40. The maximum atomic E-state index is 5.24. The SMILES string of the molecule is CCC(C)CC(C)Nc1nc2ccc(OC)cc2s1. The van der Waals surface area contributed by atoms with Gasteiger partial charge in [0.05, 0.1) is 17.3 Å². The lowest BCUT2D eigenvalue weighted by molar-refractivity contribution is 0.415. The van der Waals surface area contributed by atoms with Gasteiger partial charge in [-0.05, 0) is 37.5 Å². The van der Waals surface area contributed by atoms with Gasteiger partial charge < -0.3 is 10.1 Å². The number of methoxy groups -OCH3 is 1. The number of nitrogens with one attached hydrogen (secondary N) is 1. The largest absolute Gasteiger partial charge is 0.497 e. The van der Waals surface area contributed by atoms with Crippen LogP contribution in [0.25, 0.3) is 10.2 Å². The summed E-state index contributed by atoms with van der Waals surface area (Å²) < 4.78 is 6.40. The van der Waals surface area contributed by atoms with Gasteiger partial charge in [0, 0.05) is 6.04 Å². The molecule has 2 atom stereocenters. The number of benzene rings is 1. The first kappa shape index (κ1) is 14.1. The number of hydrogen-bond donors (Lipinski definition) is 1. The molecule has 4 heteroatoms. The van der Waals surface area contributed by atoms with Gasteiger partial charge in [-0.1, -0.05) is 31.6 Å². The van der Waals surface area contributed by atoms with Crippen molar-refractivity contribution in [2.45, 2.75) is 39.7 Å². The summed E-state index contributed by atoms with van der Waals surface area (Å²) >= 11 is 1.69. The van der Waals surface area contributed by atoms with E-state index < -0.39 is 0 Å². The molecule has 0 aliphatic rings. The molecule has 1 N–H and O–H groups in total. The fourth-order valence-electron chi connectivity index (χ4n) is 2.13. The molecule has 0 amide bonds. The van der Waals surface area contributed by atoms with Gasteiger partial charge in [0.2, 0.25) is 0 Å². The van der Waals surface area contributed by atoms with Gasteiger partial charge in [-0.3, -0.25) is 0 Å². The Morgan fingerprint density at radius 2 is 2.16 bits per heavy atom. The molecule has 0 aliphatic carbocycles. The Morgan fingerprint density at radius 3 is 2.84 bits per heavy atom. The van der Waals surface area contributed by atoms with Gasteiger partial charge in [0.25, 0.3) is 0 Å². The van der Waals surface area contributed by atoms with Crippen LogP contribution in [0.4, 0.5) is 5.13 Å². The van der Waals surface area contributed by atoms with E-state index in [-0.39, 0.29) is 0 Å². The van der Waals surface area contributed by atoms with Crippen molar-refractivity contribution in [3.8, 4) is 5.75 Å². The van der Waals surface area contributed by atoms with E-state index in [1.165, 1.54) is 12.8 Å². The molecule has 0 saturated heterocycles. The highest BCUT2D eigenvalue weighted by molar-refractivity contribution is 7.22. The molecule has 1 heterocycles. The maximum absolute atomic E-state index is 5.24. The summed E-state index contributed by atoms with van der Waals surface area (Å²) in [6, 6.07) is 6.46. The molecule has 3 nitrogen and oxygen atoms in total. The molecule has 0 spiro atoms. The molecule has 0 radical (unpaired) electrons. The van der Waals surface area contributed by atoms with E-state index in [9.17, 15) is 0 Å². The van der Waals surface area contributed by atoms with E-state index in [4.69, 9.17) is 4.74 Å². The number of anilines is 1. The van der Waals surface area contributed by atoms with Crippen molar-refractivity contribution < 1.29 is 4.74 Å². The molecule has 1 aromatic carbocycles. The second kappa shape index (κ2) is 6.24. The third-order valence-corrected chi connectivity index (χ3v) is 4.37. The Kier molecular flexibility index (Phi) is 4.64. The molecule has 2 aromatic rings. The van der Waals surface area contributed by atoms with Gasteiger partial charge in [0.1, 0.15) is 5.75 Å². The van der Waals surface area contributed by atoms with E-state index >= 15 is 0 Å². The number of aromatic nitrogens is 1. The zero-order valence-electron chi connectivity index (χ0n) is 12.1. The maximum Gasteiger partial charge on any atom is 0.184 e. The molecule has 104 valence electrons. The molecule has 2 unspecified atom stereocenters. The van der Waals surface area contributed by atoms with E-state index in [1.54, 1.807) is 18.4 Å². The molecule has 19 heavy (non-hydrogen) atoms. The summed E-state index contributed by atoms with van der Waals surface area (Å²) in [5, 5.41) is 4.50. The first-order chi connectivity index (χ1) is 9.12. The van der Waals surface area contributed by atoms with E-state index in [0.717, 1.165) is 27.0 Å². The smallest absolute Gasteiger partial charge is 0.184 e. The van der Waals surface area contributed by atoms with Crippen molar-refractivity contribution in [2.75, 3.05) is 12.4 Å². The second-order valence-electron chi connectivity index (χ2n) is 5.15. The average Bonchev–Trinajstić information content (AvgIpc) is 2.78. The molecule has 2 rings (SSSR count). The van der Waals surface area contributed by atoms with Crippen LogP contribution in [0.5, 0.6) is 5.75 Å². The zero-order valence-corrected chi connectivity index (χ0v) is 12.9. The molecule has 0 bridgehead atoms. The molecule has 0 saturated carbocycles. The molecular weight excluding hydrogens is 256 g/mol. The summed E-state index contributed by atoms with van der Waals surface area (Å²) in [6.45, 7) is 6.75. The van der Waals surface area contributed by atoms with Crippen LogP contribution in [-0.2, 0) is 0 Å². The van der Waals surface area contributed by atoms with Crippen LogP contribution in [0.15, 0.2) is 18.2 Å². The van der Waals surface area contributed by atoms with E-state index in [0.29, 0.717) is 6.04 Å². The highest BCUT2D eigenvalue weighted by Crippen LogP contribution is 2.29. The van der Waals surface area contributed by atoms with Crippen LogP contribution in [0.3, 0.4) is 0 Å². The zero-order chi connectivity index (χ0) is 13.8. The molecule has 0 fully saturated rings. The first-order valence-corrected chi connectivity index (χ1v) is 7.65. The number of thiazole rings is 1. The Labute approximate surface area is 119 Å². The fraction of sp³-hybridized carbons (Fsp3) is 0.533. The lowest BCUT2D eigenvalue weighted by Gasteiger charge is -2.16. The standard InChI is InChI=1S/C15H22N2OS/c1-5-10(2)8-11(3)16-15-17-13-7-6-12(18-4)9-14(13)19-15/h6-7,9-11H,5,8H2,1-4H3,(H,16,17). The minimum Gasteiger partial charge on any atom is -0.497 e. The predicted octanol–water partition coefficient (Wildman–Crippen LogP) is 4.54. The quantitative estimate of drug-likeness (QED) is 0.842. The summed E-state index contributed by atoms with van der Waals surface area (Å²) in [4.78, 5) is 4.61. The fourth-order valence-corrected chi connectivity index (χ4v) is 3.14. The van der Waals surface area contributed by atoms with Crippen LogP contribution in [-0.4, -0.2) is 18.1 Å². The van der Waals surface area contributed by atoms with Gasteiger partial charge in [-0.15, -0.1) is 0 Å². The van der Waals surface area contributed by atoms with Gasteiger partial charge in [0.15, 0.2) is 5.13 Å². The molecular formula is C15H22N2OS. The van der Waals surface area contributed by atoms with Crippen molar-refractivity contribution in [3.63, 3.8) is 0 Å². The van der Waals surface area contributed by atoms with Crippen molar-refractivity contribution in [3.05, 3.63) is 18.2 Å². The van der Waals surface area contributed by atoms with Gasteiger partial charge >= 0.3 is 0 Å². The number of rotatable bonds is 6. The highest BCUT2D eigenvalue weighted by atomic mass is 32.1. The molecule has 1 aromatic heterocycles. The van der Waals surface area contributed by atoms with Crippen LogP contribution in [0.1, 0.15) is 33.6 Å². The van der Waals surface area contributed by atoms with Crippen molar-refractivity contribution in [1.29, 1.82) is 0 Å². The minimum atomic E-state index is 0.456. The lowest BCUT2D eigenvalue weighted by atomic mass is 10.0. The Bertz CT molecular complexity index is 538. The van der Waals surface area contributed by atoms with Gasteiger partial charge in [-0.25, -0.2) is 4.98 Å². The minimum absolute atomic E-state index is 0.456. The van der Waals surface area contributed by atoms with Crippen molar-refractivity contribution in [2.24, 2.45) is 5.92 Å². The monoisotopic (exact) mass is 278 g/mol. The van der Waals surface area contributed by atoms with Crippen molar-refractivity contribution in [1.82, 2.24) is 4.98 Å². The normalized spacial score (nSPS) is 14.3. The summed E-state index contributed by atoms with van der Waals surface area (Å²) in [5.74, 6) is 1.63. The Balaban J connectivity index is 2.08. The topological polar surface area (TPSA) is 34.2 Å². The summed E-state index contributed by atoms with van der Waals surface area (Å²) in [7, 11) is 1.69. The lowest BCUT2D eigenvalue weighted by Crippen LogP contribution is -2.17. The number of fused-ring (bicyclic) bond motifs is 1. The van der Waals surface area contributed by atoms with E-state index in [2.05, 4.69) is 31.1 Å². The number of nitrogens with zero attached hydrogens (tertiary/aromatic N) is 1. The number of ether oxygens (including phenoxy) is 1. The highest BCUT2D eigenvalue weighted by Gasteiger charge is 2.10. The van der Waals surface area contributed by atoms with Gasteiger partial charge in [-0.2, -0.15) is 0 Å². The third-order valence-electron chi connectivity index (χ3n) is 3.42. The van der Waals surface area contributed by atoms with Crippen LogP contribution >= 0.6 is 11.3 Å².